The first-order chi connectivity index (χ1) is 15.1. The van der Waals surface area contributed by atoms with Gasteiger partial charge in [-0.25, -0.2) is 32.3 Å². The maximum absolute atomic E-state index is 14.3. The first-order valence-electron chi connectivity index (χ1n) is 9.38. The molecule has 1 aromatic carbocycles. The number of aromatic nitrogens is 3. The maximum atomic E-state index is 14.3. The third-order valence-electron chi connectivity index (χ3n) is 4.59. The SMILES string of the molecule is C[C@@H](COc1ncc2nc(-c3cc(F)c(OC[C@H]4CC4(F)F)c(F)c3)oc2n1)NC(=O)O. The summed E-state index contributed by atoms with van der Waals surface area (Å²) in [6.45, 7) is 1.03. The van der Waals surface area contributed by atoms with Gasteiger partial charge in [-0.05, 0) is 19.1 Å². The highest BCUT2D eigenvalue weighted by Gasteiger charge is 2.57. The van der Waals surface area contributed by atoms with Crippen LogP contribution in [-0.4, -0.2) is 51.3 Å². The molecule has 2 N–H and O–H groups in total. The number of fused-ring (bicyclic) bond motifs is 1. The van der Waals surface area contributed by atoms with E-state index in [1.807, 2.05) is 0 Å². The van der Waals surface area contributed by atoms with E-state index in [1.54, 1.807) is 6.92 Å². The van der Waals surface area contributed by atoms with Gasteiger partial charge in [0.2, 0.25) is 5.89 Å². The lowest BCUT2D eigenvalue weighted by Gasteiger charge is -2.11. The Bertz CT molecular complexity index is 1150. The van der Waals surface area contributed by atoms with Crippen molar-refractivity contribution < 1.29 is 41.4 Å². The number of hydrogen-bond donors (Lipinski definition) is 2. The molecule has 1 amide bonds. The molecule has 3 aromatic rings. The summed E-state index contributed by atoms with van der Waals surface area (Å²) in [5.74, 6) is -7.03. The summed E-state index contributed by atoms with van der Waals surface area (Å²) in [6.07, 6.45) is -0.322. The summed E-state index contributed by atoms with van der Waals surface area (Å²) in [5.41, 5.74) is 0.0889. The number of halogens is 4. The summed E-state index contributed by atoms with van der Waals surface area (Å²) in [7, 11) is 0. The Hall–Kier alpha value is -3.64. The number of carboxylic acid groups (broad SMARTS) is 1. The Kier molecular flexibility index (Phi) is 5.48. The Balaban J connectivity index is 1.48. The van der Waals surface area contributed by atoms with E-state index in [4.69, 9.17) is 19.0 Å². The van der Waals surface area contributed by atoms with Crippen molar-refractivity contribution >= 4 is 17.3 Å². The number of benzene rings is 1. The van der Waals surface area contributed by atoms with E-state index in [0.717, 1.165) is 12.1 Å². The van der Waals surface area contributed by atoms with Gasteiger partial charge in [0.05, 0.1) is 24.8 Å². The highest BCUT2D eigenvalue weighted by molar-refractivity contribution is 5.72. The van der Waals surface area contributed by atoms with Crippen molar-refractivity contribution in [3.05, 3.63) is 30.0 Å². The van der Waals surface area contributed by atoms with E-state index in [0.29, 0.717) is 0 Å². The summed E-state index contributed by atoms with van der Waals surface area (Å²) < 4.78 is 70.1. The molecule has 9 nitrogen and oxygen atoms in total. The van der Waals surface area contributed by atoms with Gasteiger partial charge >= 0.3 is 12.1 Å². The van der Waals surface area contributed by atoms with Crippen LogP contribution < -0.4 is 14.8 Å². The number of oxazole rings is 1. The van der Waals surface area contributed by atoms with Crippen molar-refractivity contribution in [2.45, 2.75) is 25.3 Å². The minimum Gasteiger partial charge on any atom is -0.487 e. The van der Waals surface area contributed by atoms with Gasteiger partial charge in [-0.3, -0.25) is 0 Å². The van der Waals surface area contributed by atoms with Crippen LogP contribution in [0.25, 0.3) is 22.7 Å². The van der Waals surface area contributed by atoms with E-state index in [2.05, 4.69) is 20.3 Å². The van der Waals surface area contributed by atoms with E-state index >= 15 is 0 Å². The second-order valence-electron chi connectivity index (χ2n) is 7.27. The number of nitrogens with zero attached hydrogens (tertiary/aromatic N) is 3. The minimum atomic E-state index is -2.86. The van der Waals surface area contributed by atoms with Gasteiger partial charge in [-0.15, -0.1) is 0 Å². The molecule has 170 valence electrons. The van der Waals surface area contributed by atoms with Crippen LogP contribution in [0.5, 0.6) is 11.8 Å². The van der Waals surface area contributed by atoms with E-state index in [-0.39, 0.29) is 41.7 Å². The molecular formula is C19H16F4N4O5. The fraction of sp³-hybridized carbons (Fsp3) is 0.368. The second-order valence-corrected chi connectivity index (χ2v) is 7.27. The smallest absolute Gasteiger partial charge is 0.404 e. The van der Waals surface area contributed by atoms with Gasteiger partial charge < -0.3 is 24.3 Å². The van der Waals surface area contributed by atoms with Crippen LogP contribution in [0.15, 0.2) is 22.7 Å². The Morgan fingerprint density at radius 3 is 2.62 bits per heavy atom. The van der Waals surface area contributed by atoms with Crippen LogP contribution in [0.3, 0.4) is 0 Å². The molecule has 2 aromatic heterocycles. The normalized spacial score (nSPS) is 17.7. The molecule has 0 unspecified atom stereocenters. The summed E-state index contributed by atoms with van der Waals surface area (Å²) in [5, 5.41) is 10.9. The van der Waals surface area contributed by atoms with Gasteiger partial charge in [0.15, 0.2) is 17.4 Å². The van der Waals surface area contributed by atoms with Crippen molar-refractivity contribution in [3.8, 4) is 23.2 Å². The van der Waals surface area contributed by atoms with Gasteiger partial charge in [0, 0.05) is 12.0 Å². The quantitative estimate of drug-likeness (QED) is 0.493. The molecule has 4 rings (SSSR count). The van der Waals surface area contributed by atoms with Crippen LogP contribution in [0, 0.1) is 17.6 Å². The first kappa shape index (κ1) is 21.6. The highest BCUT2D eigenvalue weighted by atomic mass is 19.3. The van der Waals surface area contributed by atoms with E-state index in [1.165, 1.54) is 6.20 Å². The molecule has 32 heavy (non-hydrogen) atoms. The molecular weight excluding hydrogens is 440 g/mol. The average Bonchev–Trinajstić information content (AvgIpc) is 3.12. The first-order valence-corrected chi connectivity index (χ1v) is 9.38. The monoisotopic (exact) mass is 456 g/mol. The number of ether oxygens (including phenoxy) is 2. The van der Waals surface area contributed by atoms with Crippen molar-refractivity contribution in [3.63, 3.8) is 0 Å². The average molecular weight is 456 g/mol. The highest BCUT2D eigenvalue weighted by Crippen LogP contribution is 2.48. The Labute approximate surface area is 177 Å². The molecule has 1 fully saturated rings. The number of alkyl halides is 2. The van der Waals surface area contributed by atoms with Crippen LogP contribution in [0.2, 0.25) is 0 Å². The molecule has 2 atom stereocenters. The summed E-state index contributed by atoms with van der Waals surface area (Å²) >= 11 is 0. The number of amides is 1. The molecule has 1 saturated carbocycles. The molecule has 1 aliphatic rings. The zero-order valence-corrected chi connectivity index (χ0v) is 16.4. The summed E-state index contributed by atoms with van der Waals surface area (Å²) in [4.78, 5) is 22.5. The summed E-state index contributed by atoms with van der Waals surface area (Å²) in [6, 6.07) is 1.16. The predicted molar refractivity (Wildman–Crippen MR) is 99.6 cm³/mol. The second kappa shape index (κ2) is 8.13. The number of nitrogens with one attached hydrogen (secondary N) is 1. The van der Waals surface area contributed by atoms with Crippen molar-refractivity contribution in [1.82, 2.24) is 20.3 Å². The zero-order chi connectivity index (χ0) is 23.0. The van der Waals surface area contributed by atoms with Crippen LogP contribution in [-0.2, 0) is 0 Å². The van der Waals surface area contributed by atoms with Gasteiger partial charge in [0.25, 0.3) is 11.6 Å². The number of hydrogen-bond acceptors (Lipinski definition) is 7. The Morgan fingerprint density at radius 1 is 1.31 bits per heavy atom. The largest absolute Gasteiger partial charge is 0.487 e. The van der Waals surface area contributed by atoms with Crippen LogP contribution >= 0.6 is 0 Å². The molecule has 0 saturated heterocycles. The lowest BCUT2D eigenvalue weighted by atomic mass is 10.2. The lowest BCUT2D eigenvalue weighted by molar-refractivity contribution is 0.0842. The number of carbonyl (C=O) groups is 1. The standard InChI is InChI=1S/C19H16F4N4O5/c1-8(25-18(28)29)6-31-17-24-5-13-16(27-17)32-15(26-13)9-2-11(20)14(12(21)3-9)30-7-10-4-19(10,22)23/h2-3,5,8,10,25H,4,6-7H2,1H3,(H,28,29)/t8-,10+/m0/s1. The minimum absolute atomic E-state index is 0.0269. The lowest BCUT2D eigenvalue weighted by Crippen LogP contribution is -2.35. The third-order valence-corrected chi connectivity index (χ3v) is 4.59. The molecule has 2 heterocycles. The predicted octanol–water partition coefficient (Wildman–Crippen LogP) is 3.63. The van der Waals surface area contributed by atoms with Crippen LogP contribution in [0.4, 0.5) is 22.4 Å². The zero-order valence-electron chi connectivity index (χ0n) is 16.4. The maximum Gasteiger partial charge on any atom is 0.404 e. The molecule has 0 bridgehead atoms. The fourth-order valence-electron chi connectivity index (χ4n) is 2.82. The fourth-order valence-corrected chi connectivity index (χ4v) is 2.82. The van der Waals surface area contributed by atoms with Gasteiger partial charge in [-0.1, -0.05) is 0 Å². The molecule has 1 aliphatic carbocycles. The number of rotatable bonds is 8. The molecule has 13 heteroatoms. The van der Waals surface area contributed by atoms with Gasteiger partial charge in [0.1, 0.15) is 12.1 Å². The van der Waals surface area contributed by atoms with E-state index in [9.17, 15) is 22.4 Å². The van der Waals surface area contributed by atoms with E-state index < -0.39 is 48.0 Å². The Morgan fingerprint density at radius 2 is 2.00 bits per heavy atom. The molecule has 0 spiro atoms. The molecule has 0 aliphatic heterocycles. The van der Waals surface area contributed by atoms with Crippen molar-refractivity contribution in [2.75, 3.05) is 13.2 Å². The van der Waals surface area contributed by atoms with Crippen LogP contribution in [0.1, 0.15) is 13.3 Å². The third kappa shape index (κ3) is 4.65. The topological polar surface area (TPSA) is 120 Å². The van der Waals surface area contributed by atoms with Gasteiger partial charge in [-0.2, -0.15) is 4.98 Å². The van der Waals surface area contributed by atoms with Crippen molar-refractivity contribution in [2.24, 2.45) is 5.92 Å². The van der Waals surface area contributed by atoms with Crippen molar-refractivity contribution in [1.29, 1.82) is 0 Å². The molecule has 0 radical (unpaired) electrons.